The first-order chi connectivity index (χ1) is 15.9. The van der Waals surface area contributed by atoms with Crippen LogP contribution >= 0.6 is 0 Å². The Morgan fingerprint density at radius 2 is 1.88 bits per heavy atom. The molecule has 1 fully saturated rings. The number of ether oxygens (including phenoxy) is 1. The van der Waals surface area contributed by atoms with Crippen molar-refractivity contribution < 1.29 is 9.53 Å². The summed E-state index contributed by atoms with van der Waals surface area (Å²) in [6.45, 7) is 9.64. The van der Waals surface area contributed by atoms with Gasteiger partial charge in [0.1, 0.15) is 5.82 Å². The Morgan fingerprint density at radius 1 is 1.12 bits per heavy atom. The second-order valence-electron chi connectivity index (χ2n) is 9.64. The van der Waals surface area contributed by atoms with Crippen molar-refractivity contribution in [3.8, 4) is 11.1 Å². The van der Waals surface area contributed by atoms with Gasteiger partial charge in [-0.05, 0) is 52.9 Å². The molecule has 33 heavy (non-hydrogen) atoms. The zero-order chi connectivity index (χ0) is 23.0. The lowest BCUT2D eigenvalue weighted by molar-refractivity contribution is -0.0265. The third-order valence-corrected chi connectivity index (χ3v) is 6.36. The molecule has 1 aromatic carbocycles. The van der Waals surface area contributed by atoms with E-state index in [0.717, 1.165) is 42.1 Å². The second-order valence-corrected chi connectivity index (χ2v) is 9.64. The number of amides is 1. The molecule has 2 aromatic heterocycles. The number of fused-ring (bicyclic) bond motifs is 1. The summed E-state index contributed by atoms with van der Waals surface area (Å²) >= 11 is 0. The van der Waals surface area contributed by atoms with Crippen LogP contribution < -0.4 is 15.5 Å². The van der Waals surface area contributed by atoms with Crippen molar-refractivity contribution in [2.24, 2.45) is 5.41 Å². The van der Waals surface area contributed by atoms with Gasteiger partial charge in [0.25, 0.3) is 5.91 Å². The van der Waals surface area contributed by atoms with Crippen LogP contribution in [-0.4, -0.2) is 41.7 Å². The number of morpholine rings is 1. The molecule has 5 rings (SSSR count). The Labute approximate surface area is 194 Å². The molecule has 0 aliphatic carbocycles. The number of carbonyl (C=O) groups is 1. The van der Waals surface area contributed by atoms with Crippen molar-refractivity contribution in [1.29, 1.82) is 0 Å². The predicted octanol–water partition coefficient (Wildman–Crippen LogP) is 4.38. The number of rotatable bonds is 4. The molecular formula is C26H29N5O2. The zero-order valence-electron chi connectivity index (χ0n) is 19.3. The maximum absolute atomic E-state index is 12.6. The van der Waals surface area contributed by atoms with E-state index in [-0.39, 0.29) is 17.4 Å². The number of nitrogens with one attached hydrogen (secondary N) is 2. The van der Waals surface area contributed by atoms with E-state index in [9.17, 15) is 4.79 Å². The summed E-state index contributed by atoms with van der Waals surface area (Å²) in [6.07, 6.45) is 5.52. The summed E-state index contributed by atoms with van der Waals surface area (Å²) < 4.78 is 5.99. The fourth-order valence-corrected chi connectivity index (χ4v) is 4.41. The number of pyridine rings is 2. The van der Waals surface area contributed by atoms with Crippen LogP contribution in [0.25, 0.3) is 11.1 Å². The molecule has 0 spiro atoms. The van der Waals surface area contributed by atoms with E-state index in [2.05, 4.69) is 58.4 Å². The molecule has 0 bridgehead atoms. The largest absolute Gasteiger partial charge is 0.374 e. The summed E-state index contributed by atoms with van der Waals surface area (Å²) in [5.74, 6) is 0.471. The topological polar surface area (TPSA) is 79.4 Å². The van der Waals surface area contributed by atoms with Gasteiger partial charge in [0, 0.05) is 55.2 Å². The molecule has 7 heteroatoms. The summed E-state index contributed by atoms with van der Waals surface area (Å²) in [4.78, 5) is 23.7. The van der Waals surface area contributed by atoms with Crippen molar-refractivity contribution in [2.75, 3.05) is 29.9 Å². The maximum atomic E-state index is 12.6. The highest BCUT2D eigenvalue weighted by Gasteiger charge is 2.31. The number of benzene rings is 1. The van der Waals surface area contributed by atoms with Crippen LogP contribution in [0, 0.1) is 5.41 Å². The number of nitrogens with zero attached hydrogens (tertiary/aromatic N) is 3. The molecule has 3 aromatic rings. The molecule has 0 radical (unpaired) electrons. The second kappa shape index (κ2) is 8.48. The van der Waals surface area contributed by atoms with Gasteiger partial charge in [-0.3, -0.25) is 9.78 Å². The van der Waals surface area contributed by atoms with E-state index < -0.39 is 0 Å². The van der Waals surface area contributed by atoms with Crippen LogP contribution in [0.5, 0.6) is 0 Å². The predicted molar refractivity (Wildman–Crippen MR) is 130 cm³/mol. The van der Waals surface area contributed by atoms with Crippen LogP contribution in [-0.2, 0) is 11.3 Å². The monoisotopic (exact) mass is 443 g/mol. The van der Waals surface area contributed by atoms with Crippen molar-refractivity contribution in [2.45, 2.75) is 33.4 Å². The first-order valence-corrected chi connectivity index (χ1v) is 11.3. The molecule has 2 N–H and O–H groups in total. The van der Waals surface area contributed by atoms with E-state index in [1.807, 2.05) is 30.5 Å². The molecule has 170 valence electrons. The highest BCUT2D eigenvalue weighted by Crippen LogP contribution is 2.34. The Morgan fingerprint density at radius 3 is 2.61 bits per heavy atom. The Hall–Kier alpha value is -3.45. The number of hydrogen-bond acceptors (Lipinski definition) is 6. The number of aromatic nitrogens is 2. The number of hydrogen-bond donors (Lipinski definition) is 2. The smallest absolute Gasteiger partial charge is 0.255 e. The van der Waals surface area contributed by atoms with E-state index >= 15 is 0 Å². The average Bonchev–Trinajstić information content (AvgIpc) is 3.22. The van der Waals surface area contributed by atoms with Crippen LogP contribution in [0.2, 0.25) is 0 Å². The fraction of sp³-hybridized carbons (Fsp3) is 0.346. The quantitative estimate of drug-likeness (QED) is 0.623. The first kappa shape index (κ1) is 21.4. The molecule has 1 amide bonds. The van der Waals surface area contributed by atoms with Gasteiger partial charge in [0.2, 0.25) is 0 Å². The standard InChI is InChI=1S/C26H29N5O2/c1-26(2,3)22-16-31(12-13-33-22)19-6-4-18(5-7-19)30-24-23-21(15-29-25(23)32)20(14-28-24)17-8-10-27-11-9-17/h4-11,14,22H,12-13,15-16H2,1-3H3,(H,28,30)(H,29,32)/t22-/m1/s1. The lowest BCUT2D eigenvalue weighted by atomic mass is 9.88. The van der Waals surface area contributed by atoms with Gasteiger partial charge in [-0.25, -0.2) is 4.98 Å². The summed E-state index contributed by atoms with van der Waals surface area (Å²) in [5, 5.41) is 6.29. The molecular weight excluding hydrogens is 414 g/mol. The lowest BCUT2D eigenvalue weighted by Gasteiger charge is -2.40. The highest BCUT2D eigenvalue weighted by molar-refractivity contribution is 6.05. The van der Waals surface area contributed by atoms with Gasteiger partial charge in [0.15, 0.2) is 0 Å². The SMILES string of the molecule is CC(C)(C)[C@H]1CN(c2ccc(Nc3ncc(-c4ccncc4)c4c3C(=O)NC4)cc2)CCO1. The van der Waals surface area contributed by atoms with E-state index in [4.69, 9.17) is 4.74 Å². The minimum atomic E-state index is -0.103. The third kappa shape index (κ3) is 4.28. The highest BCUT2D eigenvalue weighted by atomic mass is 16.5. The van der Waals surface area contributed by atoms with Crippen molar-refractivity contribution in [3.63, 3.8) is 0 Å². The van der Waals surface area contributed by atoms with Gasteiger partial charge in [0.05, 0.1) is 18.3 Å². The minimum Gasteiger partial charge on any atom is -0.374 e. The average molecular weight is 444 g/mol. The Kier molecular flexibility index (Phi) is 5.50. The molecule has 1 atom stereocenters. The number of anilines is 3. The van der Waals surface area contributed by atoms with Crippen LogP contribution in [0.3, 0.4) is 0 Å². The molecule has 2 aliphatic rings. The van der Waals surface area contributed by atoms with Gasteiger partial charge in [-0.1, -0.05) is 20.8 Å². The summed E-state index contributed by atoms with van der Waals surface area (Å²) in [7, 11) is 0. The lowest BCUT2D eigenvalue weighted by Crippen LogP contribution is -2.48. The van der Waals surface area contributed by atoms with Crippen LogP contribution in [0.15, 0.2) is 55.0 Å². The summed E-state index contributed by atoms with van der Waals surface area (Å²) in [5.41, 5.74) is 5.69. The van der Waals surface area contributed by atoms with Crippen molar-refractivity contribution in [1.82, 2.24) is 15.3 Å². The normalized spacial score (nSPS) is 18.1. The third-order valence-electron chi connectivity index (χ3n) is 6.36. The van der Waals surface area contributed by atoms with Crippen LogP contribution in [0.4, 0.5) is 17.2 Å². The molecule has 2 aliphatic heterocycles. The van der Waals surface area contributed by atoms with Gasteiger partial charge in [-0.2, -0.15) is 0 Å². The number of carbonyl (C=O) groups excluding carboxylic acids is 1. The maximum Gasteiger partial charge on any atom is 0.255 e. The molecule has 0 unspecified atom stereocenters. The Bertz CT molecular complexity index is 1160. The van der Waals surface area contributed by atoms with Crippen molar-refractivity contribution >= 4 is 23.1 Å². The van der Waals surface area contributed by atoms with E-state index in [1.165, 1.54) is 5.69 Å². The van der Waals surface area contributed by atoms with Gasteiger partial charge in [-0.15, -0.1) is 0 Å². The Balaban J connectivity index is 1.37. The molecule has 1 saturated heterocycles. The van der Waals surface area contributed by atoms with Crippen LogP contribution in [0.1, 0.15) is 36.7 Å². The minimum absolute atomic E-state index is 0.103. The fourth-order valence-electron chi connectivity index (χ4n) is 4.41. The zero-order valence-corrected chi connectivity index (χ0v) is 19.3. The van der Waals surface area contributed by atoms with E-state index in [0.29, 0.717) is 17.9 Å². The van der Waals surface area contributed by atoms with E-state index in [1.54, 1.807) is 12.4 Å². The van der Waals surface area contributed by atoms with Gasteiger partial charge < -0.3 is 20.3 Å². The van der Waals surface area contributed by atoms with Crippen molar-refractivity contribution in [3.05, 3.63) is 66.1 Å². The molecule has 4 heterocycles. The summed E-state index contributed by atoms with van der Waals surface area (Å²) in [6, 6.07) is 12.2. The molecule has 7 nitrogen and oxygen atoms in total. The molecule has 0 saturated carbocycles. The first-order valence-electron chi connectivity index (χ1n) is 11.3. The van der Waals surface area contributed by atoms with Gasteiger partial charge >= 0.3 is 0 Å².